The monoisotopic (exact) mass is 308 g/mol. The van der Waals surface area contributed by atoms with E-state index in [0.717, 1.165) is 6.92 Å². The van der Waals surface area contributed by atoms with Crippen molar-refractivity contribution in [2.45, 2.75) is 12.3 Å². The van der Waals surface area contributed by atoms with Gasteiger partial charge in [0.2, 0.25) is 0 Å². The summed E-state index contributed by atoms with van der Waals surface area (Å²) in [7, 11) is -10.4. The minimum Gasteiger partial charge on any atom is -0.810 e. The van der Waals surface area contributed by atoms with Gasteiger partial charge in [-0.15, -0.1) is 0 Å². The molecule has 1 atom stereocenters. The molecule has 0 radical (unpaired) electrons. The van der Waals surface area contributed by atoms with Gasteiger partial charge in [0, 0.05) is 12.7 Å². The maximum absolute atomic E-state index is 10.6. The number of hydrogen-bond donors (Lipinski definition) is 2. The Kier molecular flexibility index (Phi) is 13.6. The predicted molar refractivity (Wildman–Crippen MR) is 46.6 cm³/mol. The quantitative estimate of drug-likeness (QED) is 0.386. The van der Waals surface area contributed by atoms with E-state index in [-0.39, 0.29) is 59.1 Å². The zero-order valence-electron chi connectivity index (χ0n) is 9.02. The standard InChI is InChI=1S/C4H10O7P2S.2Na/c1-3(5)14-2-4(12(6,7)8)13(9,10)11;;/h4H,2H2,1H3,(H2,6,7,8)(H2,9,10,11);;/q;2*+1/p-2. The zero-order chi connectivity index (χ0) is 11.6. The van der Waals surface area contributed by atoms with E-state index in [1.165, 1.54) is 0 Å². The van der Waals surface area contributed by atoms with Crippen LogP contribution >= 0.6 is 27.0 Å². The molecule has 0 aromatic carbocycles. The molecule has 0 aliphatic carbocycles. The molecule has 0 saturated heterocycles. The van der Waals surface area contributed by atoms with Crippen LogP contribution in [0.1, 0.15) is 6.92 Å². The maximum Gasteiger partial charge on any atom is 1.00 e. The summed E-state index contributed by atoms with van der Waals surface area (Å²) in [5.41, 5.74) is 0. The van der Waals surface area contributed by atoms with Gasteiger partial charge in [-0.05, 0) is 0 Å². The first-order valence-electron chi connectivity index (χ1n) is 3.25. The summed E-state index contributed by atoms with van der Waals surface area (Å²) in [5, 5.41) is -2.85. The second-order valence-corrected chi connectivity index (χ2v) is 7.52. The van der Waals surface area contributed by atoms with Crippen molar-refractivity contribution >= 4 is 32.1 Å². The molecular formula is C4H8Na2O7P2S. The zero-order valence-corrected chi connectivity index (χ0v) is 15.6. The van der Waals surface area contributed by atoms with Gasteiger partial charge in [-0.2, -0.15) is 0 Å². The van der Waals surface area contributed by atoms with E-state index < -0.39 is 31.5 Å². The van der Waals surface area contributed by atoms with Crippen molar-refractivity contribution in [2.75, 3.05) is 5.75 Å². The number of carbonyl (C=O) groups excluding carboxylic acids is 1. The summed E-state index contributed by atoms with van der Waals surface area (Å²) in [4.78, 5) is 48.4. The van der Waals surface area contributed by atoms with Crippen LogP contribution in [-0.4, -0.2) is 26.1 Å². The van der Waals surface area contributed by atoms with E-state index >= 15 is 0 Å². The van der Waals surface area contributed by atoms with Crippen molar-refractivity contribution < 1.29 is 92.6 Å². The van der Waals surface area contributed by atoms with Gasteiger partial charge >= 0.3 is 66.7 Å². The first kappa shape index (κ1) is 23.4. The molecule has 0 spiro atoms. The van der Waals surface area contributed by atoms with Gasteiger partial charge in [-0.25, -0.2) is 0 Å². The van der Waals surface area contributed by atoms with Gasteiger partial charge in [0.05, 0.1) is 5.40 Å². The van der Waals surface area contributed by atoms with Crippen LogP contribution in [0, 0.1) is 0 Å². The molecule has 0 rings (SSSR count). The molecule has 0 bridgehead atoms. The molecule has 0 aromatic heterocycles. The molecule has 0 amide bonds. The number of hydrogen-bond acceptors (Lipinski definition) is 6. The molecule has 0 aliphatic rings. The minimum absolute atomic E-state index is 0. The summed E-state index contributed by atoms with van der Waals surface area (Å²) in [6.45, 7) is 1.10. The molecule has 0 heterocycles. The van der Waals surface area contributed by atoms with Crippen LogP contribution in [0.25, 0.3) is 0 Å². The molecule has 0 aromatic rings. The fourth-order valence-corrected chi connectivity index (χ4v) is 4.38. The Morgan fingerprint density at radius 3 is 1.88 bits per heavy atom. The average molecular weight is 308 g/mol. The predicted octanol–water partition coefficient (Wildman–Crippen LogP) is -7.31. The Morgan fingerprint density at radius 2 is 1.69 bits per heavy atom. The van der Waals surface area contributed by atoms with E-state index in [0.29, 0.717) is 11.8 Å². The van der Waals surface area contributed by atoms with Crippen molar-refractivity contribution in [1.29, 1.82) is 0 Å². The minimum atomic E-state index is -5.39. The second-order valence-electron chi connectivity index (χ2n) is 2.41. The molecular weight excluding hydrogens is 300 g/mol. The summed E-state index contributed by atoms with van der Waals surface area (Å²) in [5.74, 6) is -0.718. The van der Waals surface area contributed by atoms with Gasteiger partial charge in [-0.1, -0.05) is 19.4 Å². The Balaban J connectivity index is -0.000000845. The smallest absolute Gasteiger partial charge is 0.810 e. The first-order valence-corrected chi connectivity index (χ1v) is 7.53. The van der Waals surface area contributed by atoms with Gasteiger partial charge in [0.1, 0.15) is 0 Å². The fourth-order valence-electron chi connectivity index (χ4n) is 0.564. The largest absolute Gasteiger partial charge is 1.00 e. The third kappa shape index (κ3) is 10.3. The summed E-state index contributed by atoms with van der Waals surface area (Å²) in [6, 6.07) is 0. The molecule has 1 unspecified atom stereocenters. The SMILES string of the molecule is CC(=O)SCC(P(=O)([O-])[O-])P(=O)(O)O.[Na+].[Na+]. The second kappa shape index (κ2) is 9.26. The third-order valence-corrected chi connectivity index (χ3v) is 6.21. The van der Waals surface area contributed by atoms with Crippen LogP contribution < -0.4 is 68.9 Å². The molecule has 16 heavy (non-hydrogen) atoms. The summed E-state index contributed by atoms with van der Waals surface area (Å²) in [6.07, 6.45) is 0. The van der Waals surface area contributed by atoms with Crippen molar-refractivity contribution in [2.24, 2.45) is 0 Å². The van der Waals surface area contributed by atoms with Gasteiger partial charge in [-0.3, -0.25) is 9.36 Å². The summed E-state index contributed by atoms with van der Waals surface area (Å²) < 4.78 is 21.0. The van der Waals surface area contributed by atoms with E-state index in [9.17, 15) is 23.7 Å². The summed E-state index contributed by atoms with van der Waals surface area (Å²) >= 11 is 0.390. The number of thioether (sulfide) groups is 1. The van der Waals surface area contributed by atoms with E-state index in [2.05, 4.69) is 0 Å². The maximum atomic E-state index is 10.6. The van der Waals surface area contributed by atoms with Crippen LogP contribution in [0.5, 0.6) is 0 Å². The van der Waals surface area contributed by atoms with Gasteiger partial charge < -0.3 is 24.1 Å². The topological polar surface area (TPSA) is 138 Å². The molecule has 0 fully saturated rings. The Morgan fingerprint density at radius 1 is 1.31 bits per heavy atom. The molecule has 12 heteroatoms. The van der Waals surface area contributed by atoms with Crippen LogP contribution in [0.4, 0.5) is 0 Å². The van der Waals surface area contributed by atoms with E-state index in [1.54, 1.807) is 0 Å². The van der Waals surface area contributed by atoms with Crippen molar-refractivity contribution in [3.05, 3.63) is 0 Å². The Labute approximate surface area is 141 Å². The molecule has 7 nitrogen and oxygen atoms in total. The molecule has 2 N–H and O–H groups in total. The first-order chi connectivity index (χ1) is 6.05. The fraction of sp³-hybridized carbons (Fsp3) is 0.750. The van der Waals surface area contributed by atoms with Crippen LogP contribution in [0.3, 0.4) is 0 Å². The third-order valence-electron chi connectivity index (χ3n) is 1.19. The molecule has 0 saturated carbocycles. The van der Waals surface area contributed by atoms with Crippen molar-refractivity contribution in [1.82, 2.24) is 0 Å². The van der Waals surface area contributed by atoms with Gasteiger partial charge in [0.25, 0.3) is 0 Å². The van der Waals surface area contributed by atoms with Crippen LogP contribution in [0.15, 0.2) is 0 Å². The van der Waals surface area contributed by atoms with Crippen LogP contribution in [0.2, 0.25) is 0 Å². The van der Waals surface area contributed by atoms with Gasteiger partial charge in [0.15, 0.2) is 5.12 Å². The van der Waals surface area contributed by atoms with Crippen molar-refractivity contribution in [3.63, 3.8) is 0 Å². The molecule has 84 valence electrons. The average Bonchev–Trinajstić information content (AvgIpc) is 1.78. The normalized spacial score (nSPS) is 13.3. The number of rotatable bonds is 4. The Bertz CT molecular complexity index is 290. The van der Waals surface area contributed by atoms with Crippen molar-refractivity contribution in [3.8, 4) is 0 Å². The van der Waals surface area contributed by atoms with E-state index in [4.69, 9.17) is 9.79 Å². The van der Waals surface area contributed by atoms with E-state index in [1.807, 2.05) is 0 Å². The molecule has 0 aliphatic heterocycles. The van der Waals surface area contributed by atoms with Crippen LogP contribution in [-0.2, 0) is 13.9 Å². The Hall–Kier alpha value is 2.32. The number of carbonyl (C=O) groups is 1.